The highest BCUT2D eigenvalue weighted by Crippen LogP contribution is 2.39. The summed E-state index contributed by atoms with van der Waals surface area (Å²) in [5, 5.41) is 3.09. The van der Waals surface area contributed by atoms with E-state index < -0.39 is 35.4 Å². The SMILES string of the molecule is COc1cc(F)c([C@@H]2CN(c3cncnc3OC3CCOCC3)C(=O)[C@H]2NC(=O)c2ccc(Cl)cc2)c(F)c1. The lowest BCUT2D eigenvalue weighted by Gasteiger charge is -2.25. The van der Waals surface area contributed by atoms with E-state index in [4.69, 9.17) is 25.8 Å². The topological polar surface area (TPSA) is 103 Å². The fourth-order valence-corrected chi connectivity index (χ4v) is 4.89. The molecule has 3 aromatic rings. The Labute approximate surface area is 228 Å². The summed E-state index contributed by atoms with van der Waals surface area (Å²) >= 11 is 5.93. The van der Waals surface area contributed by atoms with Gasteiger partial charge in [0.2, 0.25) is 11.8 Å². The number of aromatic nitrogens is 2. The van der Waals surface area contributed by atoms with Crippen molar-refractivity contribution in [3.05, 3.63) is 76.7 Å². The molecule has 12 heteroatoms. The fraction of sp³-hybridized carbons (Fsp3) is 0.333. The van der Waals surface area contributed by atoms with Crippen LogP contribution >= 0.6 is 11.6 Å². The van der Waals surface area contributed by atoms with Gasteiger partial charge in [0, 0.05) is 53.6 Å². The molecule has 0 bridgehead atoms. The van der Waals surface area contributed by atoms with Gasteiger partial charge in [-0.15, -0.1) is 0 Å². The number of carbonyl (C=O) groups is 2. The largest absolute Gasteiger partial charge is 0.497 e. The molecule has 1 N–H and O–H groups in total. The monoisotopic (exact) mass is 558 g/mol. The van der Waals surface area contributed by atoms with E-state index in [0.29, 0.717) is 31.1 Å². The zero-order valence-electron chi connectivity index (χ0n) is 20.9. The van der Waals surface area contributed by atoms with Gasteiger partial charge in [-0.25, -0.2) is 13.8 Å². The fourth-order valence-electron chi connectivity index (χ4n) is 4.77. The second-order valence-electron chi connectivity index (χ2n) is 9.16. The quantitative estimate of drug-likeness (QED) is 0.469. The minimum absolute atomic E-state index is 0.0136. The number of methoxy groups -OCH3 is 1. The molecule has 9 nitrogen and oxygen atoms in total. The number of anilines is 1. The van der Waals surface area contributed by atoms with Gasteiger partial charge in [0.25, 0.3) is 5.91 Å². The molecule has 0 spiro atoms. The number of hydrogen-bond acceptors (Lipinski definition) is 7. The summed E-state index contributed by atoms with van der Waals surface area (Å²) in [7, 11) is 1.29. The van der Waals surface area contributed by atoms with Crippen LogP contribution in [0, 0.1) is 11.6 Å². The van der Waals surface area contributed by atoms with Crippen molar-refractivity contribution in [2.75, 3.05) is 31.8 Å². The number of rotatable bonds is 7. The summed E-state index contributed by atoms with van der Waals surface area (Å²) in [6.45, 7) is 0.900. The van der Waals surface area contributed by atoms with Crippen LogP contribution in [0.2, 0.25) is 5.02 Å². The van der Waals surface area contributed by atoms with E-state index in [0.717, 1.165) is 12.1 Å². The molecule has 0 radical (unpaired) electrons. The normalized spacial score (nSPS) is 19.7. The highest BCUT2D eigenvalue weighted by Gasteiger charge is 2.46. The van der Waals surface area contributed by atoms with Crippen molar-refractivity contribution in [2.45, 2.75) is 30.9 Å². The summed E-state index contributed by atoms with van der Waals surface area (Å²) in [6, 6.07) is 6.81. The number of carbonyl (C=O) groups excluding carboxylic acids is 2. The molecule has 204 valence electrons. The molecule has 0 unspecified atom stereocenters. The molecule has 2 amide bonds. The van der Waals surface area contributed by atoms with Crippen LogP contribution in [0.25, 0.3) is 0 Å². The molecule has 2 aliphatic rings. The first-order valence-electron chi connectivity index (χ1n) is 12.3. The molecule has 5 rings (SSSR count). The van der Waals surface area contributed by atoms with E-state index in [1.165, 1.54) is 48.8 Å². The number of nitrogens with zero attached hydrogens (tertiary/aromatic N) is 3. The minimum atomic E-state index is -1.30. The summed E-state index contributed by atoms with van der Waals surface area (Å²) in [5.74, 6) is -3.95. The van der Waals surface area contributed by atoms with Crippen LogP contribution < -0.4 is 19.7 Å². The van der Waals surface area contributed by atoms with Crippen LogP contribution in [0.4, 0.5) is 14.5 Å². The molecular weight excluding hydrogens is 534 g/mol. The lowest BCUT2D eigenvalue weighted by atomic mass is 9.92. The van der Waals surface area contributed by atoms with E-state index in [1.54, 1.807) is 0 Å². The Morgan fingerprint density at radius 1 is 1.15 bits per heavy atom. The summed E-state index contributed by atoms with van der Waals surface area (Å²) < 4.78 is 46.9. The van der Waals surface area contributed by atoms with Gasteiger partial charge in [0.1, 0.15) is 41.5 Å². The van der Waals surface area contributed by atoms with Gasteiger partial charge in [-0.2, -0.15) is 4.98 Å². The number of nitrogens with one attached hydrogen (secondary N) is 1. The number of ether oxygens (including phenoxy) is 3. The third-order valence-corrected chi connectivity index (χ3v) is 7.01. The van der Waals surface area contributed by atoms with E-state index in [9.17, 15) is 9.59 Å². The molecule has 0 saturated carbocycles. The third kappa shape index (κ3) is 5.64. The van der Waals surface area contributed by atoms with E-state index in [2.05, 4.69) is 15.3 Å². The zero-order chi connectivity index (χ0) is 27.5. The molecule has 0 aliphatic carbocycles. The third-order valence-electron chi connectivity index (χ3n) is 6.76. The Bertz CT molecular complexity index is 1350. The minimum Gasteiger partial charge on any atom is -0.497 e. The van der Waals surface area contributed by atoms with Crippen LogP contribution in [0.3, 0.4) is 0 Å². The van der Waals surface area contributed by atoms with Crippen LogP contribution in [0.15, 0.2) is 48.9 Å². The van der Waals surface area contributed by atoms with Crippen LogP contribution in [0.1, 0.15) is 34.7 Å². The molecule has 2 atom stereocenters. The predicted octanol–water partition coefficient (Wildman–Crippen LogP) is 3.90. The van der Waals surface area contributed by atoms with E-state index >= 15 is 8.78 Å². The van der Waals surface area contributed by atoms with Crippen LogP contribution in [-0.2, 0) is 9.53 Å². The summed E-state index contributed by atoms with van der Waals surface area (Å²) in [6.07, 6.45) is 3.79. The molecule has 2 saturated heterocycles. The van der Waals surface area contributed by atoms with Crippen LogP contribution in [0.5, 0.6) is 11.6 Å². The molecule has 2 aromatic carbocycles. The Morgan fingerprint density at radius 2 is 1.85 bits per heavy atom. The maximum Gasteiger partial charge on any atom is 0.251 e. The van der Waals surface area contributed by atoms with Gasteiger partial charge in [-0.1, -0.05) is 11.6 Å². The van der Waals surface area contributed by atoms with Crippen molar-refractivity contribution < 1.29 is 32.6 Å². The lowest BCUT2D eigenvalue weighted by molar-refractivity contribution is -0.118. The van der Waals surface area contributed by atoms with E-state index in [-0.39, 0.29) is 41.1 Å². The first-order valence-corrected chi connectivity index (χ1v) is 12.7. The Kier molecular flexibility index (Phi) is 7.89. The Hall–Kier alpha value is -3.83. The average molecular weight is 559 g/mol. The van der Waals surface area contributed by atoms with Crippen molar-refractivity contribution in [1.29, 1.82) is 0 Å². The Balaban J connectivity index is 1.51. The Morgan fingerprint density at radius 3 is 2.51 bits per heavy atom. The smallest absolute Gasteiger partial charge is 0.251 e. The second kappa shape index (κ2) is 11.5. The number of benzene rings is 2. The van der Waals surface area contributed by atoms with Gasteiger partial charge < -0.3 is 24.4 Å². The van der Waals surface area contributed by atoms with Gasteiger partial charge >= 0.3 is 0 Å². The highest BCUT2D eigenvalue weighted by molar-refractivity contribution is 6.30. The molecule has 1 aromatic heterocycles. The molecule has 2 fully saturated rings. The highest BCUT2D eigenvalue weighted by atomic mass is 35.5. The molecule has 3 heterocycles. The first-order chi connectivity index (χ1) is 18.9. The van der Waals surface area contributed by atoms with Crippen molar-refractivity contribution >= 4 is 29.1 Å². The summed E-state index contributed by atoms with van der Waals surface area (Å²) in [4.78, 5) is 36.4. The predicted molar refractivity (Wildman–Crippen MR) is 137 cm³/mol. The van der Waals surface area contributed by atoms with Crippen molar-refractivity contribution in [3.8, 4) is 11.6 Å². The maximum atomic E-state index is 15.2. The second-order valence-corrected chi connectivity index (χ2v) is 9.60. The first kappa shape index (κ1) is 26.8. The standard InChI is InChI=1S/C27H25ClF2N4O5/c1-37-18-10-20(29)23(21(30)11-18)19-13-34(22-12-31-14-32-26(22)39-17-6-8-38-9-7-17)27(36)24(19)33-25(35)15-2-4-16(28)5-3-15/h2-5,10-12,14,17,19,24H,6-9,13H2,1H3,(H,33,35)/t19-,24-/m0/s1. The van der Waals surface area contributed by atoms with Gasteiger partial charge in [0.05, 0.1) is 26.5 Å². The number of amides is 2. The molecule has 39 heavy (non-hydrogen) atoms. The molecule has 2 aliphatic heterocycles. The average Bonchev–Trinajstić information content (AvgIpc) is 3.24. The number of hydrogen-bond donors (Lipinski definition) is 1. The lowest BCUT2D eigenvalue weighted by Crippen LogP contribution is -2.44. The van der Waals surface area contributed by atoms with Crippen molar-refractivity contribution in [1.82, 2.24) is 15.3 Å². The van der Waals surface area contributed by atoms with Crippen molar-refractivity contribution in [2.24, 2.45) is 0 Å². The zero-order valence-corrected chi connectivity index (χ0v) is 21.7. The van der Waals surface area contributed by atoms with Gasteiger partial charge in [-0.3, -0.25) is 9.59 Å². The van der Waals surface area contributed by atoms with Crippen LogP contribution in [-0.4, -0.2) is 60.8 Å². The van der Waals surface area contributed by atoms with Crippen molar-refractivity contribution in [3.63, 3.8) is 0 Å². The van der Waals surface area contributed by atoms with Gasteiger partial charge in [-0.05, 0) is 24.3 Å². The number of halogens is 3. The maximum absolute atomic E-state index is 15.2. The van der Waals surface area contributed by atoms with Gasteiger partial charge in [0.15, 0.2) is 0 Å². The summed E-state index contributed by atoms with van der Waals surface area (Å²) in [5.41, 5.74) is 0.111. The van der Waals surface area contributed by atoms with E-state index in [1.807, 2.05) is 0 Å². The molecular formula is C27H25ClF2N4O5.